The van der Waals surface area contributed by atoms with Crippen molar-refractivity contribution in [2.24, 2.45) is 5.92 Å². The van der Waals surface area contributed by atoms with Crippen molar-refractivity contribution >= 4 is 21.6 Å². The highest BCUT2D eigenvalue weighted by Gasteiger charge is 2.25. The molecule has 0 aliphatic carbocycles. The van der Waals surface area contributed by atoms with E-state index < -0.39 is 15.6 Å². The SMILES string of the molecule is CC(C)/C=C/CNc1cc(C(=O)N2CCCN(C)CC2)cc(S(=O)(=O)NC(C)(C)C)c1. The molecule has 0 unspecified atom stereocenters. The number of nitrogens with one attached hydrogen (secondary N) is 2. The van der Waals surface area contributed by atoms with Gasteiger partial charge >= 0.3 is 0 Å². The van der Waals surface area contributed by atoms with Gasteiger partial charge in [0, 0.05) is 43.0 Å². The molecule has 1 heterocycles. The summed E-state index contributed by atoms with van der Waals surface area (Å²) in [6.07, 6.45) is 4.98. The Morgan fingerprint density at radius 3 is 2.48 bits per heavy atom. The number of nitrogens with zero attached hydrogens (tertiary/aromatic N) is 2. The molecule has 7 nitrogen and oxygen atoms in total. The maximum absolute atomic E-state index is 13.2. The second-order valence-corrected chi connectivity index (χ2v) is 11.3. The average Bonchev–Trinajstić information content (AvgIpc) is 2.87. The fourth-order valence-corrected chi connectivity index (χ4v) is 4.88. The van der Waals surface area contributed by atoms with E-state index in [9.17, 15) is 13.2 Å². The van der Waals surface area contributed by atoms with Crippen LogP contribution in [0.3, 0.4) is 0 Å². The van der Waals surface area contributed by atoms with Crippen LogP contribution in [0.25, 0.3) is 0 Å². The smallest absolute Gasteiger partial charge is 0.254 e. The summed E-state index contributed by atoms with van der Waals surface area (Å²) in [5.74, 6) is 0.298. The van der Waals surface area contributed by atoms with E-state index in [-0.39, 0.29) is 10.8 Å². The van der Waals surface area contributed by atoms with Crippen LogP contribution in [0.4, 0.5) is 5.69 Å². The Morgan fingerprint density at radius 1 is 1.13 bits per heavy atom. The highest BCUT2D eigenvalue weighted by atomic mass is 32.2. The van der Waals surface area contributed by atoms with E-state index in [4.69, 9.17) is 0 Å². The third-order valence-corrected chi connectivity index (χ3v) is 6.59. The van der Waals surface area contributed by atoms with Crippen LogP contribution in [0.15, 0.2) is 35.2 Å². The maximum Gasteiger partial charge on any atom is 0.254 e. The first-order chi connectivity index (χ1) is 14.4. The average molecular weight is 451 g/mol. The van der Waals surface area contributed by atoms with Crippen LogP contribution >= 0.6 is 0 Å². The molecule has 0 spiro atoms. The van der Waals surface area contributed by atoms with E-state index in [1.165, 1.54) is 6.07 Å². The summed E-state index contributed by atoms with van der Waals surface area (Å²) in [5, 5.41) is 3.23. The molecule has 2 rings (SSSR count). The van der Waals surface area contributed by atoms with Crippen LogP contribution in [0.5, 0.6) is 0 Å². The van der Waals surface area contributed by atoms with Crippen LogP contribution < -0.4 is 10.0 Å². The lowest BCUT2D eigenvalue weighted by molar-refractivity contribution is 0.0762. The van der Waals surface area contributed by atoms with E-state index in [1.54, 1.807) is 32.9 Å². The van der Waals surface area contributed by atoms with Gasteiger partial charge in [0.2, 0.25) is 10.0 Å². The fourth-order valence-electron chi connectivity index (χ4n) is 3.39. The number of hydrogen-bond donors (Lipinski definition) is 2. The van der Waals surface area contributed by atoms with Gasteiger partial charge in [0.1, 0.15) is 0 Å². The topological polar surface area (TPSA) is 81.8 Å². The minimum atomic E-state index is -3.77. The second kappa shape index (κ2) is 10.6. The summed E-state index contributed by atoms with van der Waals surface area (Å²) in [5.41, 5.74) is 0.374. The summed E-state index contributed by atoms with van der Waals surface area (Å²) in [7, 11) is -1.73. The Morgan fingerprint density at radius 2 is 1.84 bits per heavy atom. The third-order valence-electron chi connectivity index (χ3n) is 4.86. The van der Waals surface area contributed by atoms with Crippen molar-refractivity contribution < 1.29 is 13.2 Å². The van der Waals surface area contributed by atoms with Crippen molar-refractivity contribution in [3.8, 4) is 0 Å². The quantitative estimate of drug-likeness (QED) is 0.624. The van der Waals surface area contributed by atoms with Gasteiger partial charge < -0.3 is 15.1 Å². The van der Waals surface area contributed by atoms with Crippen LogP contribution in [0.2, 0.25) is 0 Å². The number of benzene rings is 1. The maximum atomic E-state index is 13.2. The van der Waals surface area contributed by atoms with Gasteiger partial charge in [0.05, 0.1) is 4.90 Å². The molecule has 0 saturated carbocycles. The molecule has 8 heteroatoms. The van der Waals surface area contributed by atoms with E-state index in [1.807, 2.05) is 18.0 Å². The highest BCUT2D eigenvalue weighted by Crippen LogP contribution is 2.22. The minimum Gasteiger partial charge on any atom is -0.382 e. The number of hydrogen-bond acceptors (Lipinski definition) is 5. The second-order valence-electron chi connectivity index (χ2n) is 9.60. The number of sulfonamides is 1. The predicted molar refractivity (Wildman–Crippen MR) is 127 cm³/mol. The lowest BCUT2D eigenvalue weighted by Crippen LogP contribution is -2.40. The van der Waals surface area contributed by atoms with Gasteiger partial charge in [-0.3, -0.25) is 4.79 Å². The molecule has 1 aliphatic rings. The first kappa shape index (κ1) is 25.4. The largest absolute Gasteiger partial charge is 0.382 e. The van der Waals surface area contributed by atoms with E-state index in [0.29, 0.717) is 36.8 Å². The van der Waals surface area contributed by atoms with Gasteiger partial charge in [-0.25, -0.2) is 13.1 Å². The number of amides is 1. The first-order valence-electron chi connectivity index (χ1n) is 10.9. The van der Waals surface area contributed by atoms with Crippen LogP contribution in [0.1, 0.15) is 51.4 Å². The van der Waals surface area contributed by atoms with E-state index in [2.05, 4.69) is 34.9 Å². The zero-order valence-corrected chi connectivity index (χ0v) is 20.6. The lowest BCUT2D eigenvalue weighted by Gasteiger charge is -2.23. The normalized spacial score (nSPS) is 16.7. The molecule has 174 valence electrons. The highest BCUT2D eigenvalue weighted by molar-refractivity contribution is 7.89. The predicted octanol–water partition coefficient (Wildman–Crippen LogP) is 3.17. The molecule has 1 aliphatic heterocycles. The zero-order chi connectivity index (χ0) is 23.2. The molecule has 1 saturated heterocycles. The van der Waals surface area contributed by atoms with Crippen molar-refractivity contribution in [2.75, 3.05) is 45.1 Å². The van der Waals surface area contributed by atoms with Crippen LogP contribution in [-0.4, -0.2) is 69.4 Å². The molecule has 1 fully saturated rings. The number of rotatable bonds is 7. The molecule has 1 aromatic rings. The summed E-state index contributed by atoms with van der Waals surface area (Å²) < 4.78 is 28.6. The van der Waals surface area contributed by atoms with Crippen molar-refractivity contribution in [1.82, 2.24) is 14.5 Å². The molecule has 1 amide bonds. The van der Waals surface area contributed by atoms with Crippen molar-refractivity contribution in [2.45, 2.75) is 51.5 Å². The Hall–Kier alpha value is -1.90. The first-order valence-corrected chi connectivity index (χ1v) is 12.4. The summed E-state index contributed by atoms with van der Waals surface area (Å²) in [6, 6.07) is 4.82. The molecule has 2 N–H and O–H groups in total. The Labute approximate surface area is 187 Å². The molecule has 1 aromatic carbocycles. The lowest BCUT2D eigenvalue weighted by atomic mass is 10.1. The Bertz CT molecular complexity index is 889. The molecular formula is C23H38N4O3S. The number of likely N-dealkylation sites (N-methyl/N-ethyl adjacent to an activating group) is 1. The number of anilines is 1. The molecule has 31 heavy (non-hydrogen) atoms. The van der Waals surface area contributed by atoms with E-state index in [0.717, 1.165) is 19.5 Å². The number of carbonyl (C=O) groups is 1. The van der Waals surface area contributed by atoms with Gasteiger partial charge in [-0.15, -0.1) is 0 Å². The van der Waals surface area contributed by atoms with Crippen LogP contribution in [0, 0.1) is 5.92 Å². The van der Waals surface area contributed by atoms with Gasteiger partial charge in [-0.1, -0.05) is 26.0 Å². The van der Waals surface area contributed by atoms with Crippen LogP contribution in [-0.2, 0) is 10.0 Å². The fraction of sp³-hybridized carbons (Fsp3) is 0.609. The molecule has 0 radical (unpaired) electrons. The number of carbonyl (C=O) groups excluding carboxylic acids is 1. The minimum absolute atomic E-state index is 0.0931. The Balaban J connectivity index is 2.36. The van der Waals surface area contributed by atoms with Gasteiger partial charge in [0.25, 0.3) is 5.91 Å². The van der Waals surface area contributed by atoms with Crippen molar-refractivity contribution in [3.05, 3.63) is 35.9 Å². The monoisotopic (exact) mass is 450 g/mol. The molecule has 0 aromatic heterocycles. The van der Waals surface area contributed by atoms with Gasteiger partial charge in [-0.05, 0) is 64.9 Å². The summed E-state index contributed by atoms with van der Waals surface area (Å²) in [6.45, 7) is 13.2. The summed E-state index contributed by atoms with van der Waals surface area (Å²) in [4.78, 5) is 17.4. The molecule has 0 atom stereocenters. The number of allylic oxidation sites excluding steroid dienone is 1. The molecule has 0 bridgehead atoms. The summed E-state index contributed by atoms with van der Waals surface area (Å²) >= 11 is 0. The van der Waals surface area contributed by atoms with Gasteiger partial charge in [0.15, 0.2) is 0 Å². The van der Waals surface area contributed by atoms with Crippen molar-refractivity contribution in [3.63, 3.8) is 0 Å². The third kappa shape index (κ3) is 8.27. The van der Waals surface area contributed by atoms with Crippen molar-refractivity contribution in [1.29, 1.82) is 0 Å². The molecular weight excluding hydrogens is 412 g/mol. The van der Waals surface area contributed by atoms with E-state index >= 15 is 0 Å². The Kier molecular flexibility index (Phi) is 8.68. The zero-order valence-electron chi connectivity index (χ0n) is 19.7. The standard InChI is InChI=1S/C23H38N4O3S/c1-18(2)9-7-10-24-20-15-19(22(28)27-12-8-11-26(6)13-14-27)16-21(17-20)31(29,30)25-23(3,4)5/h7,9,15-18,24-25H,8,10-14H2,1-6H3/b9-7+. The van der Waals surface area contributed by atoms with Gasteiger partial charge in [-0.2, -0.15) is 0 Å².